The minimum atomic E-state index is -4.45. The van der Waals surface area contributed by atoms with Crippen LogP contribution >= 0.6 is 0 Å². The van der Waals surface area contributed by atoms with Gasteiger partial charge in [-0.3, -0.25) is 4.79 Å². The average Bonchev–Trinajstić information content (AvgIpc) is 2.76. The average molecular weight is 414 g/mol. The first-order chi connectivity index (χ1) is 14.3. The zero-order valence-electron chi connectivity index (χ0n) is 15.9. The van der Waals surface area contributed by atoms with Gasteiger partial charge in [0.15, 0.2) is 12.4 Å². The molecule has 0 N–H and O–H groups in total. The molecule has 154 valence electrons. The molecule has 0 saturated heterocycles. The lowest BCUT2D eigenvalue weighted by Crippen LogP contribution is -2.15. The van der Waals surface area contributed by atoms with E-state index in [4.69, 9.17) is 9.47 Å². The lowest BCUT2D eigenvalue weighted by atomic mass is 9.98. The molecular formula is C23H17F3O4. The van der Waals surface area contributed by atoms with Crippen LogP contribution in [-0.4, -0.2) is 25.5 Å². The molecule has 3 rings (SSSR count). The molecule has 30 heavy (non-hydrogen) atoms. The minimum Gasteiger partial charge on any atom is -0.497 e. The van der Waals surface area contributed by atoms with Crippen molar-refractivity contribution in [2.24, 2.45) is 0 Å². The van der Waals surface area contributed by atoms with Crippen molar-refractivity contribution in [2.75, 3.05) is 13.7 Å². The zero-order chi connectivity index (χ0) is 21.7. The third-order valence-electron chi connectivity index (χ3n) is 4.42. The van der Waals surface area contributed by atoms with Gasteiger partial charge in [-0.1, -0.05) is 30.3 Å². The molecule has 0 atom stereocenters. The lowest BCUT2D eigenvalue weighted by Gasteiger charge is -2.11. The van der Waals surface area contributed by atoms with E-state index in [0.29, 0.717) is 22.4 Å². The molecule has 0 unspecified atom stereocenters. The van der Waals surface area contributed by atoms with Crippen LogP contribution in [0.5, 0.6) is 5.75 Å². The highest BCUT2D eigenvalue weighted by molar-refractivity contribution is 6.01. The van der Waals surface area contributed by atoms with E-state index in [1.165, 1.54) is 25.3 Å². The van der Waals surface area contributed by atoms with Gasteiger partial charge >= 0.3 is 12.1 Å². The van der Waals surface area contributed by atoms with Crippen LogP contribution in [0.15, 0.2) is 72.8 Å². The summed E-state index contributed by atoms with van der Waals surface area (Å²) in [7, 11) is 1.51. The molecule has 0 fully saturated rings. The molecule has 0 amide bonds. The number of carbonyl (C=O) groups is 2. The standard InChI is InChI=1S/C23H17F3O4/c1-29-18-12-8-16(9-13-18)21(27)14-30-22(28)20-5-3-2-4-19(20)15-6-10-17(11-7-15)23(24,25)26/h2-13H,14H2,1H3. The maximum absolute atomic E-state index is 12.8. The van der Waals surface area contributed by atoms with Gasteiger partial charge in [0.1, 0.15) is 5.75 Å². The molecule has 0 spiro atoms. The summed E-state index contributed by atoms with van der Waals surface area (Å²) in [4.78, 5) is 24.8. The molecule has 0 aliphatic rings. The van der Waals surface area contributed by atoms with Gasteiger partial charge in [-0.25, -0.2) is 4.79 Å². The van der Waals surface area contributed by atoms with Gasteiger partial charge in [0.2, 0.25) is 0 Å². The second-order valence-corrected chi connectivity index (χ2v) is 6.35. The number of alkyl halides is 3. The van der Waals surface area contributed by atoms with Gasteiger partial charge in [0.05, 0.1) is 18.2 Å². The number of methoxy groups -OCH3 is 1. The SMILES string of the molecule is COc1ccc(C(=O)COC(=O)c2ccccc2-c2ccc(C(F)(F)F)cc2)cc1. The van der Waals surface area contributed by atoms with Crippen molar-refractivity contribution in [2.45, 2.75) is 6.18 Å². The number of esters is 1. The van der Waals surface area contributed by atoms with E-state index in [-0.39, 0.29) is 5.56 Å². The number of benzene rings is 3. The highest BCUT2D eigenvalue weighted by Gasteiger charge is 2.30. The second kappa shape index (κ2) is 8.82. The molecule has 0 saturated carbocycles. The third-order valence-corrected chi connectivity index (χ3v) is 4.42. The molecule has 3 aromatic carbocycles. The first-order valence-corrected chi connectivity index (χ1v) is 8.90. The quantitative estimate of drug-likeness (QED) is 0.399. The Morgan fingerprint density at radius 2 is 1.50 bits per heavy atom. The van der Waals surface area contributed by atoms with E-state index >= 15 is 0 Å². The van der Waals surface area contributed by atoms with Crippen LogP contribution in [0.3, 0.4) is 0 Å². The normalized spacial score (nSPS) is 11.1. The first-order valence-electron chi connectivity index (χ1n) is 8.90. The Morgan fingerprint density at radius 1 is 0.867 bits per heavy atom. The maximum atomic E-state index is 12.8. The number of rotatable bonds is 6. The van der Waals surface area contributed by atoms with E-state index < -0.39 is 30.1 Å². The molecule has 3 aromatic rings. The predicted octanol–water partition coefficient (Wildman–Crippen LogP) is 5.42. The smallest absolute Gasteiger partial charge is 0.416 e. The Balaban J connectivity index is 1.74. The van der Waals surface area contributed by atoms with Gasteiger partial charge in [-0.2, -0.15) is 13.2 Å². The Morgan fingerprint density at radius 3 is 2.10 bits per heavy atom. The van der Waals surface area contributed by atoms with E-state index in [0.717, 1.165) is 12.1 Å². The molecule has 0 heterocycles. The fourth-order valence-electron chi connectivity index (χ4n) is 2.82. The van der Waals surface area contributed by atoms with Gasteiger partial charge in [-0.15, -0.1) is 0 Å². The molecule has 0 aliphatic heterocycles. The topological polar surface area (TPSA) is 52.6 Å². The van der Waals surface area contributed by atoms with Gasteiger partial charge < -0.3 is 9.47 Å². The van der Waals surface area contributed by atoms with Crippen molar-refractivity contribution in [1.29, 1.82) is 0 Å². The van der Waals surface area contributed by atoms with Crippen molar-refractivity contribution >= 4 is 11.8 Å². The van der Waals surface area contributed by atoms with E-state index in [1.807, 2.05) is 0 Å². The molecule has 7 heteroatoms. The number of Topliss-reactive ketones (excluding diaryl/α,β-unsaturated/α-hetero) is 1. The Hall–Kier alpha value is -3.61. The van der Waals surface area contributed by atoms with Crippen LogP contribution in [0.1, 0.15) is 26.3 Å². The van der Waals surface area contributed by atoms with Gasteiger partial charge in [-0.05, 0) is 53.6 Å². The molecule has 0 aromatic heterocycles. The van der Waals surface area contributed by atoms with Crippen LogP contribution in [-0.2, 0) is 10.9 Å². The third kappa shape index (κ3) is 4.86. The van der Waals surface area contributed by atoms with Gasteiger partial charge in [0, 0.05) is 5.56 Å². The monoisotopic (exact) mass is 414 g/mol. The van der Waals surface area contributed by atoms with Crippen molar-refractivity contribution in [3.8, 4) is 16.9 Å². The summed E-state index contributed by atoms with van der Waals surface area (Å²) in [5, 5.41) is 0. The maximum Gasteiger partial charge on any atom is 0.416 e. The summed E-state index contributed by atoms with van der Waals surface area (Å²) in [6.45, 7) is -0.466. The summed E-state index contributed by atoms with van der Waals surface area (Å²) in [5.41, 5.74) is 0.570. The second-order valence-electron chi connectivity index (χ2n) is 6.35. The fourth-order valence-corrected chi connectivity index (χ4v) is 2.82. The summed E-state index contributed by atoms with van der Waals surface area (Å²) in [6.07, 6.45) is -4.45. The van der Waals surface area contributed by atoms with Crippen molar-refractivity contribution < 1.29 is 32.2 Å². The highest BCUT2D eigenvalue weighted by Crippen LogP contribution is 2.32. The summed E-state index contributed by atoms with van der Waals surface area (Å²) >= 11 is 0. The number of halogens is 3. The van der Waals surface area contributed by atoms with Crippen LogP contribution < -0.4 is 4.74 Å². The molecule has 4 nitrogen and oxygen atoms in total. The fraction of sp³-hybridized carbons (Fsp3) is 0.130. The van der Waals surface area contributed by atoms with Crippen molar-refractivity contribution in [3.05, 3.63) is 89.5 Å². The van der Waals surface area contributed by atoms with Crippen LogP contribution in [0.4, 0.5) is 13.2 Å². The minimum absolute atomic E-state index is 0.153. The number of hydrogen-bond acceptors (Lipinski definition) is 4. The zero-order valence-corrected chi connectivity index (χ0v) is 15.9. The van der Waals surface area contributed by atoms with E-state index in [9.17, 15) is 22.8 Å². The van der Waals surface area contributed by atoms with Crippen molar-refractivity contribution in [3.63, 3.8) is 0 Å². The summed E-state index contributed by atoms with van der Waals surface area (Å²) < 4.78 is 48.5. The number of ketones is 1. The van der Waals surface area contributed by atoms with Gasteiger partial charge in [0.25, 0.3) is 0 Å². The van der Waals surface area contributed by atoms with Crippen LogP contribution in [0, 0.1) is 0 Å². The van der Waals surface area contributed by atoms with E-state index in [2.05, 4.69) is 0 Å². The van der Waals surface area contributed by atoms with E-state index in [1.54, 1.807) is 42.5 Å². The summed E-state index contributed by atoms with van der Waals surface area (Å²) in [5.74, 6) is -0.542. The highest BCUT2D eigenvalue weighted by atomic mass is 19.4. The number of hydrogen-bond donors (Lipinski definition) is 0. The molecule has 0 aliphatic carbocycles. The Bertz CT molecular complexity index is 1040. The predicted molar refractivity (Wildman–Crippen MR) is 104 cm³/mol. The van der Waals surface area contributed by atoms with Crippen LogP contribution in [0.2, 0.25) is 0 Å². The first kappa shape index (κ1) is 21.1. The molecule has 0 radical (unpaired) electrons. The molecule has 0 bridgehead atoms. The molecular weight excluding hydrogens is 397 g/mol. The Labute approximate surface area is 170 Å². The van der Waals surface area contributed by atoms with Crippen LogP contribution in [0.25, 0.3) is 11.1 Å². The summed E-state index contributed by atoms with van der Waals surface area (Å²) in [6, 6.07) is 17.2. The Kier molecular flexibility index (Phi) is 6.20. The number of ether oxygens (including phenoxy) is 2. The lowest BCUT2D eigenvalue weighted by molar-refractivity contribution is -0.137. The number of carbonyl (C=O) groups excluding carboxylic acids is 2. The van der Waals surface area contributed by atoms with Crippen molar-refractivity contribution in [1.82, 2.24) is 0 Å². The largest absolute Gasteiger partial charge is 0.497 e.